The van der Waals surface area contributed by atoms with Gasteiger partial charge in [-0.3, -0.25) is 0 Å². The molecule has 0 spiro atoms. The van der Waals surface area contributed by atoms with E-state index in [0.29, 0.717) is 0 Å². The molecule has 0 aliphatic rings. The lowest BCUT2D eigenvalue weighted by molar-refractivity contribution is 0.311. The minimum absolute atomic E-state index is 0.610. The Hall–Kier alpha value is -1.74. The second-order valence-electron chi connectivity index (χ2n) is 5.80. The predicted molar refractivity (Wildman–Crippen MR) is 102 cm³/mol. The maximum Gasteiger partial charge on any atom is 0.118 e. The Labute approximate surface area is 142 Å². The lowest BCUT2D eigenvalue weighted by Gasteiger charge is -2.14. The third-order valence-electron chi connectivity index (χ3n) is 3.84. The Morgan fingerprint density at radius 3 is 1.57 bits per heavy atom. The van der Waals surface area contributed by atoms with Crippen molar-refractivity contribution >= 4 is 19.9 Å². The highest BCUT2D eigenvalue weighted by molar-refractivity contribution is 6.69. The van der Waals surface area contributed by atoms with Crippen LogP contribution in [0.25, 0.3) is 0 Å². The molecule has 0 aliphatic heterocycles. The van der Waals surface area contributed by atoms with Gasteiger partial charge in [-0.1, -0.05) is 63.1 Å². The maximum atomic E-state index is 5.98. The van der Waals surface area contributed by atoms with Crippen LogP contribution in [-0.4, -0.2) is 22.7 Å². The molecule has 0 amide bonds. The third-order valence-corrected chi connectivity index (χ3v) is 5.77. The van der Waals surface area contributed by atoms with E-state index in [2.05, 4.69) is 62.4 Å². The van der Waals surface area contributed by atoms with Gasteiger partial charge < -0.3 is 9.47 Å². The van der Waals surface area contributed by atoms with Gasteiger partial charge in [-0.05, 0) is 35.3 Å². The summed E-state index contributed by atoms with van der Waals surface area (Å²) < 4.78 is 12.0. The number of hydrogen-bond acceptors (Lipinski definition) is 2. The van der Waals surface area contributed by atoms with Crippen molar-refractivity contribution in [3.63, 3.8) is 0 Å². The summed E-state index contributed by atoms with van der Waals surface area (Å²) in [6, 6.07) is 16.9. The highest BCUT2D eigenvalue weighted by atomic mass is 28.2. The molecule has 0 radical (unpaired) electrons. The second-order valence-corrected chi connectivity index (χ2v) is 7.67. The molecule has 0 aromatic heterocycles. The van der Waals surface area contributed by atoms with Crippen LogP contribution in [0.5, 0.6) is 11.5 Å². The Morgan fingerprint density at radius 1 is 0.696 bits per heavy atom. The average molecular weight is 329 g/mol. The van der Waals surface area contributed by atoms with Crippen molar-refractivity contribution in [1.29, 1.82) is 0 Å². The summed E-state index contributed by atoms with van der Waals surface area (Å²) in [7, 11) is -0.610. The lowest BCUT2D eigenvalue weighted by Crippen LogP contribution is -2.30. The maximum absolute atomic E-state index is 5.98. The first-order chi connectivity index (χ1) is 11.3. The van der Waals surface area contributed by atoms with Crippen LogP contribution in [0.4, 0.5) is 0 Å². The molecule has 2 nitrogen and oxygen atoms in total. The molecule has 23 heavy (non-hydrogen) atoms. The van der Waals surface area contributed by atoms with Crippen LogP contribution in [0.3, 0.4) is 0 Å². The van der Waals surface area contributed by atoms with Gasteiger partial charge >= 0.3 is 0 Å². The van der Waals surface area contributed by atoms with E-state index in [1.165, 1.54) is 10.4 Å². The standard InChI is InChI=1S/C20H28O2Si/c1-3-5-15-21-17-11-7-9-13-19(17)23-20-14-10-8-12-18(20)22-16-6-4-2/h7-14H,3-6,15-16,23H2,1-2H3. The van der Waals surface area contributed by atoms with Gasteiger partial charge in [0.15, 0.2) is 0 Å². The second kappa shape index (κ2) is 10.1. The Bertz CT molecular complexity index is 532. The molecule has 0 aliphatic carbocycles. The average Bonchev–Trinajstić information content (AvgIpc) is 2.58. The number of ether oxygens (including phenoxy) is 2. The molecule has 0 unspecified atom stereocenters. The fourth-order valence-electron chi connectivity index (χ4n) is 2.44. The molecular weight excluding hydrogens is 300 g/mol. The molecular formula is C20H28O2Si. The van der Waals surface area contributed by atoms with Crippen LogP contribution >= 0.6 is 0 Å². The zero-order chi connectivity index (χ0) is 16.3. The molecule has 2 rings (SSSR count). The molecule has 2 aromatic rings. The molecule has 0 bridgehead atoms. The van der Waals surface area contributed by atoms with Crippen LogP contribution in [-0.2, 0) is 0 Å². The van der Waals surface area contributed by atoms with E-state index in [4.69, 9.17) is 9.47 Å². The molecule has 0 N–H and O–H groups in total. The highest BCUT2D eigenvalue weighted by Gasteiger charge is 2.09. The first-order valence-corrected chi connectivity index (χ1v) is 10.2. The van der Waals surface area contributed by atoms with Gasteiger partial charge in [-0.25, -0.2) is 0 Å². The van der Waals surface area contributed by atoms with Crippen LogP contribution in [0.1, 0.15) is 39.5 Å². The van der Waals surface area contributed by atoms with Crippen molar-refractivity contribution in [2.45, 2.75) is 39.5 Å². The van der Waals surface area contributed by atoms with E-state index in [1.54, 1.807) is 0 Å². The van der Waals surface area contributed by atoms with Crippen molar-refractivity contribution in [1.82, 2.24) is 0 Å². The molecule has 0 heterocycles. The number of hydrogen-bond donors (Lipinski definition) is 0. The molecule has 2 aromatic carbocycles. The van der Waals surface area contributed by atoms with E-state index < -0.39 is 9.52 Å². The molecule has 124 valence electrons. The van der Waals surface area contributed by atoms with E-state index in [0.717, 1.165) is 50.4 Å². The smallest absolute Gasteiger partial charge is 0.118 e. The van der Waals surface area contributed by atoms with Gasteiger partial charge in [0.1, 0.15) is 11.5 Å². The van der Waals surface area contributed by atoms with E-state index in [1.807, 2.05) is 0 Å². The number of benzene rings is 2. The predicted octanol–water partition coefficient (Wildman–Crippen LogP) is 3.16. The first kappa shape index (κ1) is 17.6. The monoisotopic (exact) mass is 328 g/mol. The summed E-state index contributed by atoms with van der Waals surface area (Å²) in [6.45, 7) is 5.98. The van der Waals surface area contributed by atoms with Gasteiger partial charge in [0.05, 0.1) is 22.7 Å². The van der Waals surface area contributed by atoms with Crippen molar-refractivity contribution in [3.8, 4) is 11.5 Å². The fraction of sp³-hybridized carbons (Fsp3) is 0.400. The molecule has 0 saturated carbocycles. The minimum atomic E-state index is -0.610. The molecule has 3 heteroatoms. The third kappa shape index (κ3) is 5.75. The van der Waals surface area contributed by atoms with Gasteiger partial charge in [0.2, 0.25) is 0 Å². The van der Waals surface area contributed by atoms with Crippen molar-refractivity contribution in [2.75, 3.05) is 13.2 Å². The fourth-order valence-corrected chi connectivity index (χ4v) is 4.15. The SMILES string of the molecule is CCCCOc1ccccc1[SiH2]c1ccccc1OCCCC. The van der Waals surface area contributed by atoms with Crippen molar-refractivity contribution < 1.29 is 9.47 Å². The summed E-state index contributed by atoms with van der Waals surface area (Å²) in [5, 5.41) is 2.71. The quantitative estimate of drug-likeness (QED) is 0.493. The summed E-state index contributed by atoms with van der Waals surface area (Å²) >= 11 is 0. The summed E-state index contributed by atoms with van der Waals surface area (Å²) in [5.41, 5.74) is 0. The van der Waals surface area contributed by atoms with E-state index in [-0.39, 0.29) is 0 Å². The normalized spacial score (nSPS) is 10.5. The highest BCUT2D eigenvalue weighted by Crippen LogP contribution is 2.10. The number of rotatable bonds is 10. The van der Waals surface area contributed by atoms with E-state index in [9.17, 15) is 0 Å². The Balaban J connectivity index is 2.09. The lowest BCUT2D eigenvalue weighted by atomic mass is 10.3. The summed E-state index contributed by atoms with van der Waals surface area (Å²) in [6.07, 6.45) is 4.53. The van der Waals surface area contributed by atoms with Crippen LogP contribution in [0.2, 0.25) is 0 Å². The molecule has 0 atom stereocenters. The number of para-hydroxylation sites is 2. The Kier molecular flexibility index (Phi) is 7.74. The zero-order valence-electron chi connectivity index (χ0n) is 14.4. The summed E-state index contributed by atoms with van der Waals surface area (Å²) in [4.78, 5) is 0. The largest absolute Gasteiger partial charge is 0.494 e. The topological polar surface area (TPSA) is 18.5 Å². The zero-order valence-corrected chi connectivity index (χ0v) is 15.8. The Morgan fingerprint density at radius 2 is 1.13 bits per heavy atom. The van der Waals surface area contributed by atoms with Gasteiger partial charge in [-0.2, -0.15) is 0 Å². The van der Waals surface area contributed by atoms with Crippen molar-refractivity contribution in [3.05, 3.63) is 48.5 Å². The van der Waals surface area contributed by atoms with Crippen LogP contribution in [0.15, 0.2) is 48.5 Å². The van der Waals surface area contributed by atoms with Crippen LogP contribution < -0.4 is 19.8 Å². The van der Waals surface area contributed by atoms with E-state index >= 15 is 0 Å². The van der Waals surface area contributed by atoms with Crippen LogP contribution in [0, 0.1) is 0 Å². The van der Waals surface area contributed by atoms with Gasteiger partial charge in [-0.15, -0.1) is 0 Å². The summed E-state index contributed by atoms with van der Waals surface area (Å²) in [5.74, 6) is 2.10. The molecule has 0 fully saturated rings. The van der Waals surface area contributed by atoms with Gasteiger partial charge in [0.25, 0.3) is 0 Å². The number of unbranched alkanes of at least 4 members (excludes halogenated alkanes) is 2. The van der Waals surface area contributed by atoms with Crippen molar-refractivity contribution in [2.24, 2.45) is 0 Å². The van der Waals surface area contributed by atoms with Gasteiger partial charge in [0, 0.05) is 0 Å². The molecule has 0 saturated heterocycles. The first-order valence-electron chi connectivity index (χ1n) is 8.76. The minimum Gasteiger partial charge on any atom is -0.494 e.